The van der Waals surface area contributed by atoms with E-state index in [9.17, 15) is 18.0 Å². The van der Waals surface area contributed by atoms with Crippen molar-refractivity contribution in [1.82, 2.24) is 5.32 Å². The first kappa shape index (κ1) is 22.9. The topological polar surface area (TPSA) is 64.4 Å². The van der Waals surface area contributed by atoms with E-state index in [0.29, 0.717) is 19.8 Å². The van der Waals surface area contributed by atoms with Crippen LogP contribution in [0.25, 0.3) is 0 Å². The average molecular weight is 390 g/mol. The lowest BCUT2D eigenvalue weighted by Gasteiger charge is -2.12. The third-order valence-corrected chi connectivity index (χ3v) is 3.43. The molecule has 0 aliphatic rings. The summed E-state index contributed by atoms with van der Waals surface area (Å²) in [5, 5.41) is 2.44. The number of rotatable bonds is 9. The van der Waals surface area contributed by atoms with Crippen molar-refractivity contribution in [2.24, 2.45) is 4.99 Å². The summed E-state index contributed by atoms with van der Waals surface area (Å²) in [5.74, 6) is -0.713. The zero-order valence-electron chi connectivity index (χ0n) is 15.9. The first-order valence-corrected chi connectivity index (χ1v) is 8.76. The molecular weight excluding hydrogens is 363 g/mol. The molecule has 0 aliphatic carbocycles. The molecule has 0 fully saturated rings. The highest BCUT2D eigenvalue weighted by molar-refractivity contribution is 6.04. The van der Waals surface area contributed by atoms with Crippen LogP contribution in [-0.2, 0) is 15.7 Å². The van der Waals surface area contributed by atoms with Gasteiger partial charge in [-0.05, 0) is 25.1 Å². The maximum atomic E-state index is 12.8. The van der Waals surface area contributed by atoms with Crippen LogP contribution in [0.15, 0.2) is 29.3 Å². The van der Waals surface area contributed by atoms with Gasteiger partial charge in [0.05, 0.1) is 32.8 Å². The predicted molar refractivity (Wildman–Crippen MR) is 96.0 cm³/mol. The van der Waals surface area contributed by atoms with Crippen LogP contribution in [0, 0.1) is 0 Å². The van der Waals surface area contributed by atoms with E-state index >= 15 is 0 Å². The molecule has 1 rings (SSSR count). The van der Waals surface area contributed by atoms with Gasteiger partial charge in [0.25, 0.3) is 11.9 Å². The number of nitrogens with zero attached hydrogens (tertiary/aromatic N) is 1. The predicted octanol–water partition coefficient (Wildman–Crippen LogP) is 1.38. The van der Waals surface area contributed by atoms with Gasteiger partial charge in [0, 0.05) is 25.1 Å². The number of aliphatic imine (C=N–C) groups is 1. The largest absolute Gasteiger partial charge is 0.463 e. The van der Waals surface area contributed by atoms with Crippen LogP contribution in [0.4, 0.5) is 13.2 Å². The average Bonchev–Trinajstić information content (AvgIpc) is 2.61. The highest BCUT2D eigenvalue weighted by atomic mass is 19.4. The van der Waals surface area contributed by atoms with E-state index < -0.39 is 17.6 Å². The highest BCUT2D eigenvalue weighted by Crippen LogP contribution is 2.29. The molecule has 2 N–H and O–H groups in total. The molecule has 0 bridgehead atoms. The van der Waals surface area contributed by atoms with E-state index in [1.165, 1.54) is 17.0 Å². The van der Waals surface area contributed by atoms with Crippen LogP contribution in [0.2, 0.25) is 0 Å². The number of alkyl halides is 3. The minimum absolute atomic E-state index is 0.0223. The number of quaternary nitrogens is 1. The van der Waals surface area contributed by atoms with E-state index in [0.717, 1.165) is 25.1 Å². The number of halogens is 3. The molecule has 1 aromatic carbocycles. The molecule has 0 heterocycles. The van der Waals surface area contributed by atoms with E-state index in [2.05, 4.69) is 10.3 Å². The monoisotopic (exact) mass is 390 g/mol. The van der Waals surface area contributed by atoms with Gasteiger partial charge in [-0.3, -0.25) is 10.1 Å². The van der Waals surface area contributed by atoms with Gasteiger partial charge in [0.2, 0.25) is 0 Å². The molecule has 0 spiro atoms. The van der Waals surface area contributed by atoms with Crippen LogP contribution >= 0.6 is 0 Å². The number of amides is 1. The molecule has 1 amide bonds. The van der Waals surface area contributed by atoms with Crippen LogP contribution in [-0.4, -0.2) is 58.9 Å². The number of carbonyl (C=O) groups excluding carboxylic acids is 1. The fourth-order valence-electron chi connectivity index (χ4n) is 2.08. The summed E-state index contributed by atoms with van der Waals surface area (Å²) in [6, 6.07) is 4.17. The Kier molecular flexibility index (Phi) is 9.81. The normalized spacial score (nSPS) is 12.3. The lowest BCUT2D eigenvalue weighted by Crippen LogP contribution is -3.05. The van der Waals surface area contributed by atoms with Gasteiger partial charge in [-0.2, -0.15) is 13.2 Å². The number of benzene rings is 1. The number of hydrogen-bond donors (Lipinski definition) is 2. The lowest BCUT2D eigenvalue weighted by atomic mass is 10.1. The summed E-state index contributed by atoms with van der Waals surface area (Å²) in [6.07, 6.45) is -3.74. The number of carbonyl (C=O) groups is 1. The maximum absolute atomic E-state index is 12.8. The smallest absolute Gasteiger partial charge is 0.416 e. The Labute approximate surface area is 157 Å². The molecule has 0 aromatic heterocycles. The third kappa shape index (κ3) is 9.39. The Morgan fingerprint density at radius 3 is 2.63 bits per heavy atom. The summed E-state index contributed by atoms with van der Waals surface area (Å²) in [7, 11) is 4.03. The molecular formula is C18H27F3N3O3+. The molecule has 0 radical (unpaired) electrons. The fourth-order valence-corrected chi connectivity index (χ4v) is 2.08. The second-order valence-corrected chi connectivity index (χ2v) is 6.08. The van der Waals surface area contributed by atoms with Gasteiger partial charge in [0.15, 0.2) is 0 Å². The molecule has 0 saturated heterocycles. The molecule has 1 aromatic rings. The SMILES string of the molecule is CCOCCOC(=NCCC[NH+](C)C)NC(=O)c1cccc(C(F)(F)F)c1. The zero-order valence-corrected chi connectivity index (χ0v) is 15.9. The first-order chi connectivity index (χ1) is 12.7. The van der Waals surface area contributed by atoms with E-state index in [-0.39, 0.29) is 18.2 Å². The summed E-state index contributed by atoms with van der Waals surface area (Å²) in [5.41, 5.74) is -1.01. The number of amidine groups is 1. The molecule has 9 heteroatoms. The van der Waals surface area contributed by atoms with E-state index in [4.69, 9.17) is 9.47 Å². The summed E-state index contributed by atoms with van der Waals surface area (Å²) < 4.78 is 49.0. The van der Waals surface area contributed by atoms with Gasteiger partial charge in [-0.1, -0.05) is 6.07 Å². The van der Waals surface area contributed by atoms with Crippen molar-refractivity contribution in [2.45, 2.75) is 19.5 Å². The first-order valence-electron chi connectivity index (χ1n) is 8.76. The minimum atomic E-state index is -4.52. The van der Waals surface area contributed by atoms with Crippen molar-refractivity contribution in [2.75, 3.05) is 47.0 Å². The van der Waals surface area contributed by atoms with E-state index in [1.54, 1.807) is 0 Å². The van der Waals surface area contributed by atoms with Crippen LogP contribution in [0.1, 0.15) is 29.3 Å². The van der Waals surface area contributed by atoms with Gasteiger partial charge >= 0.3 is 6.18 Å². The standard InChI is InChI=1S/C18H26F3N3O3/c1-4-26-11-12-27-17(22-9-6-10-24(2)3)23-16(25)14-7-5-8-15(13-14)18(19,20)21/h5,7-8,13H,4,6,9-12H2,1-3H3,(H,22,23,25)/p+1. The summed E-state index contributed by atoms with van der Waals surface area (Å²) in [6.45, 7) is 4.17. The van der Waals surface area contributed by atoms with Crippen molar-refractivity contribution >= 4 is 11.9 Å². The molecule has 0 atom stereocenters. The molecule has 0 saturated carbocycles. The lowest BCUT2D eigenvalue weighted by molar-refractivity contribution is -0.858. The van der Waals surface area contributed by atoms with Crippen LogP contribution in [0.5, 0.6) is 0 Å². The van der Waals surface area contributed by atoms with Crippen molar-refractivity contribution < 1.29 is 32.3 Å². The van der Waals surface area contributed by atoms with Crippen molar-refractivity contribution in [3.05, 3.63) is 35.4 Å². The van der Waals surface area contributed by atoms with Crippen molar-refractivity contribution in [3.63, 3.8) is 0 Å². The number of nitrogens with one attached hydrogen (secondary N) is 2. The number of hydrogen-bond acceptors (Lipinski definition) is 4. The number of ether oxygens (including phenoxy) is 2. The van der Waals surface area contributed by atoms with Crippen LogP contribution in [0.3, 0.4) is 0 Å². The Morgan fingerprint density at radius 1 is 1.26 bits per heavy atom. The molecule has 0 aliphatic heterocycles. The van der Waals surface area contributed by atoms with Gasteiger partial charge < -0.3 is 14.4 Å². The van der Waals surface area contributed by atoms with E-state index in [1.807, 2.05) is 21.0 Å². The quantitative estimate of drug-likeness (QED) is 0.380. The second-order valence-electron chi connectivity index (χ2n) is 6.08. The molecule has 6 nitrogen and oxygen atoms in total. The van der Waals surface area contributed by atoms with Gasteiger partial charge in [0.1, 0.15) is 6.61 Å². The molecule has 27 heavy (non-hydrogen) atoms. The molecule has 0 unspecified atom stereocenters. The Hall–Kier alpha value is -2.13. The fraction of sp³-hybridized carbons (Fsp3) is 0.556. The Balaban J connectivity index is 2.77. The summed E-state index contributed by atoms with van der Waals surface area (Å²) >= 11 is 0. The van der Waals surface area contributed by atoms with Gasteiger partial charge in [-0.25, -0.2) is 4.99 Å². The van der Waals surface area contributed by atoms with Crippen molar-refractivity contribution in [3.8, 4) is 0 Å². The van der Waals surface area contributed by atoms with Crippen molar-refractivity contribution in [1.29, 1.82) is 0 Å². The van der Waals surface area contributed by atoms with Gasteiger partial charge in [-0.15, -0.1) is 0 Å². The third-order valence-electron chi connectivity index (χ3n) is 3.43. The highest BCUT2D eigenvalue weighted by Gasteiger charge is 2.31. The maximum Gasteiger partial charge on any atom is 0.416 e. The Morgan fingerprint density at radius 2 is 2.00 bits per heavy atom. The zero-order chi connectivity index (χ0) is 20.3. The minimum Gasteiger partial charge on any atom is -0.463 e. The van der Waals surface area contributed by atoms with Crippen LogP contribution < -0.4 is 10.2 Å². The summed E-state index contributed by atoms with van der Waals surface area (Å²) in [4.78, 5) is 17.8. The second kappa shape index (κ2) is 11.6. The molecule has 152 valence electrons. The Bertz CT molecular complexity index is 619.